The molecule has 0 amide bonds. The number of nitrogens with zero attached hydrogens (tertiary/aromatic N) is 2. The SMILES string of the molecule is C=CCN(CC(=O)O)Cc1ccc(Br)c2cccnc12. The first-order valence-corrected chi connectivity index (χ1v) is 6.98. The molecule has 0 saturated heterocycles. The number of pyridine rings is 1. The summed E-state index contributed by atoms with van der Waals surface area (Å²) in [4.78, 5) is 17.1. The van der Waals surface area contributed by atoms with Crippen molar-refractivity contribution < 1.29 is 9.90 Å². The maximum absolute atomic E-state index is 10.9. The van der Waals surface area contributed by atoms with E-state index < -0.39 is 5.97 Å². The second-order valence-electron chi connectivity index (χ2n) is 4.46. The van der Waals surface area contributed by atoms with Gasteiger partial charge in [-0.15, -0.1) is 6.58 Å². The number of aromatic nitrogens is 1. The molecule has 0 radical (unpaired) electrons. The van der Waals surface area contributed by atoms with E-state index in [9.17, 15) is 4.79 Å². The second-order valence-corrected chi connectivity index (χ2v) is 5.31. The van der Waals surface area contributed by atoms with Gasteiger partial charge in [0.25, 0.3) is 0 Å². The average molecular weight is 335 g/mol. The van der Waals surface area contributed by atoms with Crippen molar-refractivity contribution in [3.8, 4) is 0 Å². The van der Waals surface area contributed by atoms with Crippen LogP contribution in [0.2, 0.25) is 0 Å². The molecule has 0 aliphatic carbocycles. The topological polar surface area (TPSA) is 53.4 Å². The van der Waals surface area contributed by atoms with Gasteiger partial charge in [-0.1, -0.05) is 34.1 Å². The Balaban J connectivity index is 2.34. The van der Waals surface area contributed by atoms with E-state index in [0.717, 1.165) is 20.9 Å². The molecule has 2 aromatic rings. The number of carboxylic acids is 1. The predicted molar refractivity (Wildman–Crippen MR) is 82.6 cm³/mol. The van der Waals surface area contributed by atoms with Crippen LogP contribution < -0.4 is 0 Å². The first-order valence-electron chi connectivity index (χ1n) is 6.19. The Morgan fingerprint density at radius 1 is 1.45 bits per heavy atom. The van der Waals surface area contributed by atoms with Gasteiger partial charge in [0.1, 0.15) is 0 Å². The Labute approximate surface area is 125 Å². The van der Waals surface area contributed by atoms with Crippen LogP contribution in [0.5, 0.6) is 0 Å². The van der Waals surface area contributed by atoms with Crippen LogP contribution in [0.15, 0.2) is 47.6 Å². The number of aliphatic carboxylic acids is 1. The molecule has 20 heavy (non-hydrogen) atoms. The first-order chi connectivity index (χ1) is 9.61. The molecule has 0 unspecified atom stereocenters. The van der Waals surface area contributed by atoms with Crippen molar-refractivity contribution in [3.63, 3.8) is 0 Å². The van der Waals surface area contributed by atoms with Crippen LogP contribution in [0, 0.1) is 0 Å². The van der Waals surface area contributed by atoms with E-state index in [1.54, 1.807) is 12.3 Å². The summed E-state index contributed by atoms with van der Waals surface area (Å²) in [5.41, 5.74) is 1.90. The lowest BCUT2D eigenvalue weighted by atomic mass is 10.1. The normalized spacial score (nSPS) is 10.9. The van der Waals surface area contributed by atoms with Gasteiger partial charge in [0, 0.05) is 29.1 Å². The second kappa shape index (κ2) is 6.63. The van der Waals surface area contributed by atoms with Gasteiger partial charge in [0.15, 0.2) is 0 Å². The monoisotopic (exact) mass is 334 g/mol. The maximum Gasteiger partial charge on any atom is 0.317 e. The molecular weight excluding hydrogens is 320 g/mol. The minimum absolute atomic E-state index is 0.0174. The van der Waals surface area contributed by atoms with Crippen LogP contribution in [-0.2, 0) is 11.3 Å². The van der Waals surface area contributed by atoms with Crippen molar-refractivity contribution >= 4 is 32.8 Å². The Morgan fingerprint density at radius 2 is 2.25 bits per heavy atom. The number of hydrogen-bond donors (Lipinski definition) is 1. The number of rotatable bonds is 6. The van der Waals surface area contributed by atoms with Gasteiger partial charge in [-0.3, -0.25) is 14.7 Å². The Hall–Kier alpha value is -1.72. The van der Waals surface area contributed by atoms with E-state index in [-0.39, 0.29) is 6.54 Å². The summed E-state index contributed by atoms with van der Waals surface area (Å²) in [5.74, 6) is -0.846. The van der Waals surface area contributed by atoms with Crippen molar-refractivity contribution in [2.45, 2.75) is 6.54 Å². The van der Waals surface area contributed by atoms with E-state index >= 15 is 0 Å². The first kappa shape index (κ1) is 14.7. The van der Waals surface area contributed by atoms with Crippen LogP contribution in [0.1, 0.15) is 5.56 Å². The Kier molecular flexibility index (Phi) is 4.87. The highest BCUT2D eigenvalue weighted by atomic mass is 79.9. The summed E-state index contributed by atoms with van der Waals surface area (Å²) in [6.45, 7) is 4.70. The zero-order valence-electron chi connectivity index (χ0n) is 10.9. The van der Waals surface area contributed by atoms with Gasteiger partial charge < -0.3 is 5.11 Å². The largest absolute Gasteiger partial charge is 0.480 e. The summed E-state index contributed by atoms with van der Waals surface area (Å²) in [6.07, 6.45) is 3.45. The minimum Gasteiger partial charge on any atom is -0.480 e. The Morgan fingerprint density at radius 3 is 2.95 bits per heavy atom. The lowest BCUT2D eigenvalue weighted by Gasteiger charge is -2.19. The summed E-state index contributed by atoms with van der Waals surface area (Å²) < 4.78 is 0.984. The average Bonchev–Trinajstić information content (AvgIpc) is 2.42. The van der Waals surface area contributed by atoms with Crippen LogP contribution in [0.3, 0.4) is 0 Å². The fourth-order valence-corrected chi connectivity index (χ4v) is 2.58. The summed E-state index contributed by atoms with van der Waals surface area (Å²) in [6, 6.07) is 7.81. The van der Waals surface area contributed by atoms with Gasteiger partial charge in [0.2, 0.25) is 0 Å². The molecular formula is C15H15BrN2O2. The number of hydrogen-bond acceptors (Lipinski definition) is 3. The summed E-state index contributed by atoms with van der Waals surface area (Å²) in [7, 11) is 0. The molecule has 0 saturated carbocycles. The molecule has 1 N–H and O–H groups in total. The van der Waals surface area contributed by atoms with Crippen molar-refractivity contribution in [2.75, 3.05) is 13.1 Å². The number of benzene rings is 1. The molecule has 0 fully saturated rings. The fourth-order valence-electron chi connectivity index (χ4n) is 2.12. The molecule has 5 heteroatoms. The highest BCUT2D eigenvalue weighted by molar-refractivity contribution is 9.10. The van der Waals surface area contributed by atoms with E-state index in [1.165, 1.54) is 0 Å². The predicted octanol–water partition coefficient (Wildman–Crippen LogP) is 3.07. The molecule has 0 atom stereocenters. The highest BCUT2D eigenvalue weighted by Gasteiger charge is 2.12. The quantitative estimate of drug-likeness (QED) is 0.825. The standard InChI is InChI=1S/C15H15BrN2O2/c1-2-8-18(10-14(19)20)9-11-5-6-13(16)12-4-3-7-17-15(11)12/h2-7H,1,8-10H2,(H,19,20). The molecule has 104 valence electrons. The smallest absolute Gasteiger partial charge is 0.317 e. The minimum atomic E-state index is -0.846. The molecule has 1 aromatic heterocycles. The van der Waals surface area contributed by atoms with E-state index in [0.29, 0.717) is 13.1 Å². The van der Waals surface area contributed by atoms with Gasteiger partial charge in [-0.25, -0.2) is 0 Å². The van der Waals surface area contributed by atoms with Crippen LogP contribution >= 0.6 is 15.9 Å². The van der Waals surface area contributed by atoms with Gasteiger partial charge >= 0.3 is 5.97 Å². The molecule has 4 nitrogen and oxygen atoms in total. The van der Waals surface area contributed by atoms with Crippen molar-refractivity contribution in [1.82, 2.24) is 9.88 Å². The third-order valence-electron chi connectivity index (χ3n) is 2.94. The molecule has 1 aromatic carbocycles. The van der Waals surface area contributed by atoms with Crippen molar-refractivity contribution in [3.05, 3.63) is 53.2 Å². The lowest BCUT2D eigenvalue weighted by molar-refractivity contribution is -0.138. The number of halogens is 1. The number of carbonyl (C=O) groups is 1. The molecule has 0 spiro atoms. The van der Waals surface area contributed by atoms with Crippen LogP contribution in [0.4, 0.5) is 0 Å². The zero-order chi connectivity index (χ0) is 14.5. The molecule has 0 bridgehead atoms. The number of fused-ring (bicyclic) bond motifs is 1. The van der Waals surface area contributed by atoms with E-state index in [2.05, 4.69) is 27.5 Å². The molecule has 0 aliphatic rings. The van der Waals surface area contributed by atoms with Gasteiger partial charge in [0.05, 0.1) is 12.1 Å². The fraction of sp³-hybridized carbons (Fsp3) is 0.200. The highest BCUT2D eigenvalue weighted by Crippen LogP contribution is 2.25. The van der Waals surface area contributed by atoms with Crippen molar-refractivity contribution in [2.24, 2.45) is 0 Å². The molecule has 0 aliphatic heterocycles. The van der Waals surface area contributed by atoms with Gasteiger partial charge in [-0.2, -0.15) is 0 Å². The zero-order valence-corrected chi connectivity index (χ0v) is 12.5. The van der Waals surface area contributed by atoms with Crippen LogP contribution in [0.25, 0.3) is 10.9 Å². The van der Waals surface area contributed by atoms with E-state index in [4.69, 9.17) is 5.11 Å². The van der Waals surface area contributed by atoms with Crippen LogP contribution in [-0.4, -0.2) is 34.0 Å². The van der Waals surface area contributed by atoms with E-state index in [1.807, 2.05) is 29.2 Å². The Bertz CT molecular complexity index is 643. The third kappa shape index (κ3) is 3.43. The maximum atomic E-state index is 10.9. The van der Waals surface area contributed by atoms with Gasteiger partial charge in [-0.05, 0) is 17.7 Å². The third-order valence-corrected chi connectivity index (χ3v) is 3.63. The lowest BCUT2D eigenvalue weighted by Crippen LogP contribution is -2.29. The number of carboxylic acid groups (broad SMARTS) is 1. The summed E-state index contributed by atoms with van der Waals surface area (Å²) >= 11 is 3.50. The summed E-state index contributed by atoms with van der Waals surface area (Å²) in [5, 5.41) is 9.97. The van der Waals surface area contributed by atoms with Crippen molar-refractivity contribution in [1.29, 1.82) is 0 Å². The molecule has 1 heterocycles. The molecule has 2 rings (SSSR count).